The van der Waals surface area contributed by atoms with Gasteiger partial charge in [0.05, 0.1) is 25.8 Å². The molecule has 2 rings (SSSR count). The number of carbonyl (C=O) groups excluding carboxylic acids is 1. The summed E-state index contributed by atoms with van der Waals surface area (Å²) in [6.07, 6.45) is 1.75. The lowest BCUT2D eigenvalue weighted by Crippen LogP contribution is -2.07. The maximum absolute atomic E-state index is 11.7. The number of hydrogen-bond acceptors (Lipinski definition) is 7. The highest BCUT2D eigenvalue weighted by molar-refractivity contribution is 6.03. The number of nitrogens with zero attached hydrogens (tertiary/aromatic N) is 1. The zero-order chi connectivity index (χ0) is 19.1. The van der Waals surface area contributed by atoms with E-state index in [1.165, 1.54) is 19.2 Å². The molecule has 26 heavy (non-hydrogen) atoms. The molecule has 1 aromatic carbocycles. The smallest absolute Gasteiger partial charge is 0.374 e. The van der Waals surface area contributed by atoms with Crippen molar-refractivity contribution >= 4 is 11.7 Å². The number of phenolic OH excluding ortho intramolecular Hbond substituents is 1. The zero-order valence-corrected chi connectivity index (χ0v) is 15.1. The Kier molecular flexibility index (Phi) is 6.66. The van der Waals surface area contributed by atoms with E-state index in [-0.39, 0.29) is 30.2 Å². The Labute approximate surface area is 151 Å². The number of ether oxygens (including phenoxy) is 2. The van der Waals surface area contributed by atoms with Crippen LogP contribution in [-0.4, -0.2) is 35.7 Å². The Balaban J connectivity index is 2.29. The van der Waals surface area contributed by atoms with Crippen molar-refractivity contribution in [1.29, 1.82) is 0 Å². The molecule has 2 aromatic rings. The molecule has 140 valence electrons. The van der Waals surface area contributed by atoms with Gasteiger partial charge in [-0.1, -0.05) is 18.5 Å². The second-order valence-corrected chi connectivity index (χ2v) is 5.64. The number of oxime groups is 1. The third-order valence-electron chi connectivity index (χ3n) is 3.83. The molecule has 0 amide bonds. The SMILES string of the molecule is CCCc1cc(C(Cc2ccc(C(=O)OCC)o2)=NO)c(O)cc1OC. The molecule has 1 aromatic heterocycles. The van der Waals surface area contributed by atoms with Gasteiger partial charge in [0.15, 0.2) is 0 Å². The Morgan fingerprint density at radius 3 is 2.65 bits per heavy atom. The molecule has 0 fully saturated rings. The van der Waals surface area contributed by atoms with Gasteiger partial charge in [-0.2, -0.15) is 0 Å². The largest absolute Gasteiger partial charge is 0.507 e. The summed E-state index contributed by atoms with van der Waals surface area (Å²) < 4.78 is 15.6. The molecule has 0 saturated carbocycles. The van der Waals surface area contributed by atoms with Crippen LogP contribution in [0.3, 0.4) is 0 Å². The Bertz CT molecular complexity index is 793. The first kappa shape index (κ1) is 19.4. The lowest BCUT2D eigenvalue weighted by molar-refractivity contribution is 0.0488. The predicted octanol–water partition coefficient (Wildman–Crippen LogP) is 3.54. The molecule has 0 unspecified atom stereocenters. The van der Waals surface area contributed by atoms with Crippen LogP contribution in [0.1, 0.15) is 47.7 Å². The number of methoxy groups -OCH3 is 1. The molecule has 0 bridgehead atoms. The van der Waals surface area contributed by atoms with Gasteiger partial charge in [-0.25, -0.2) is 4.79 Å². The first-order chi connectivity index (χ1) is 12.5. The Morgan fingerprint density at radius 2 is 2.04 bits per heavy atom. The number of phenols is 1. The molecule has 0 atom stereocenters. The first-order valence-electron chi connectivity index (χ1n) is 8.41. The fourth-order valence-electron chi connectivity index (χ4n) is 2.63. The van der Waals surface area contributed by atoms with Crippen LogP contribution in [0.2, 0.25) is 0 Å². The van der Waals surface area contributed by atoms with Gasteiger partial charge in [0.2, 0.25) is 5.76 Å². The highest BCUT2D eigenvalue weighted by Gasteiger charge is 2.18. The fourth-order valence-corrected chi connectivity index (χ4v) is 2.63. The lowest BCUT2D eigenvalue weighted by Gasteiger charge is -2.13. The summed E-state index contributed by atoms with van der Waals surface area (Å²) in [6, 6.07) is 6.34. The van der Waals surface area contributed by atoms with Crippen molar-refractivity contribution in [2.75, 3.05) is 13.7 Å². The predicted molar refractivity (Wildman–Crippen MR) is 95.3 cm³/mol. The van der Waals surface area contributed by atoms with E-state index in [1.54, 1.807) is 19.1 Å². The summed E-state index contributed by atoms with van der Waals surface area (Å²) in [6.45, 7) is 3.99. The van der Waals surface area contributed by atoms with Crippen molar-refractivity contribution < 1.29 is 29.0 Å². The van der Waals surface area contributed by atoms with Crippen LogP contribution in [0.25, 0.3) is 0 Å². The highest BCUT2D eigenvalue weighted by atomic mass is 16.5. The standard InChI is InChI=1S/C19H23NO6/c1-4-6-12-9-14(16(21)11-18(12)24-3)15(20-23)10-13-7-8-17(26-13)19(22)25-5-2/h7-9,11,21,23H,4-6,10H2,1-3H3. The average molecular weight is 361 g/mol. The van der Waals surface area contributed by atoms with E-state index in [4.69, 9.17) is 13.9 Å². The van der Waals surface area contributed by atoms with E-state index in [1.807, 2.05) is 6.92 Å². The van der Waals surface area contributed by atoms with Crippen LogP contribution in [0.4, 0.5) is 0 Å². The van der Waals surface area contributed by atoms with Gasteiger partial charge in [-0.15, -0.1) is 0 Å². The summed E-state index contributed by atoms with van der Waals surface area (Å²) in [7, 11) is 1.54. The second-order valence-electron chi connectivity index (χ2n) is 5.64. The number of aromatic hydroxyl groups is 1. The molecule has 1 heterocycles. The summed E-state index contributed by atoms with van der Waals surface area (Å²) >= 11 is 0. The van der Waals surface area contributed by atoms with Crippen molar-refractivity contribution in [1.82, 2.24) is 0 Å². The minimum absolute atomic E-state index is 0.0633. The summed E-state index contributed by atoms with van der Waals surface area (Å²) in [5.74, 6) is 0.441. The Hall–Kier alpha value is -2.96. The number of esters is 1. The molecule has 0 saturated heterocycles. The molecule has 0 spiro atoms. The van der Waals surface area contributed by atoms with Crippen LogP contribution in [0.5, 0.6) is 11.5 Å². The number of carbonyl (C=O) groups is 1. The normalized spacial score (nSPS) is 11.4. The van der Waals surface area contributed by atoms with Crippen molar-refractivity contribution in [3.63, 3.8) is 0 Å². The molecule has 0 aliphatic heterocycles. The van der Waals surface area contributed by atoms with Gasteiger partial charge >= 0.3 is 5.97 Å². The van der Waals surface area contributed by atoms with Crippen LogP contribution in [0, 0.1) is 0 Å². The first-order valence-corrected chi connectivity index (χ1v) is 8.41. The number of rotatable bonds is 8. The van der Waals surface area contributed by atoms with Gasteiger partial charge in [0.25, 0.3) is 0 Å². The minimum Gasteiger partial charge on any atom is -0.507 e. The van der Waals surface area contributed by atoms with E-state index in [9.17, 15) is 15.1 Å². The van der Waals surface area contributed by atoms with Crippen LogP contribution in [0.15, 0.2) is 33.8 Å². The van der Waals surface area contributed by atoms with Gasteiger partial charge in [-0.05, 0) is 37.1 Å². The van der Waals surface area contributed by atoms with E-state index < -0.39 is 5.97 Å². The second kappa shape index (κ2) is 8.94. The van der Waals surface area contributed by atoms with Crippen molar-refractivity contribution in [2.24, 2.45) is 5.16 Å². The number of aryl methyl sites for hydroxylation is 1. The monoisotopic (exact) mass is 361 g/mol. The quantitative estimate of drug-likeness (QED) is 0.323. The van der Waals surface area contributed by atoms with Crippen molar-refractivity contribution in [2.45, 2.75) is 33.1 Å². The topological polar surface area (TPSA) is 101 Å². The minimum atomic E-state index is -0.557. The zero-order valence-electron chi connectivity index (χ0n) is 15.1. The van der Waals surface area contributed by atoms with E-state index in [0.717, 1.165) is 18.4 Å². The molecule has 2 N–H and O–H groups in total. The molecular formula is C19H23NO6. The third kappa shape index (κ3) is 4.36. The van der Waals surface area contributed by atoms with Crippen LogP contribution in [-0.2, 0) is 17.6 Å². The van der Waals surface area contributed by atoms with Crippen molar-refractivity contribution in [3.8, 4) is 11.5 Å². The molecule has 0 aliphatic rings. The van der Waals surface area contributed by atoms with Crippen LogP contribution < -0.4 is 4.74 Å². The highest BCUT2D eigenvalue weighted by Crippen LogP contribution is 2.30. The molecule has 0 radical (unpaired) electrons. The number of benzene rings is 1. The average Bonchev–Trinajstić information content (AvgIpc) is 3.10. The number of hydrogen-bond donors (Lipinski definition) is 2. The van der Waals surface area contributed by atoms with E-state index in [0.29, 0.717) is 17.1 Å². The van der Waals surface area contributed by atoms with E-state index >= 15 is 0 Å². The molecule has 0 aliphatic carbocycles. The maximum Gasteiger partial charge on any atom is 0.374 e. The maximum atomic E-state index is 11.7. The molecule has 7 nitrogen and oxygen atoms in total. The van der Waals surface area contributed by atoms with Crippen molar-refractivity contribution in [3.05, 3.63) is 46.9 Å². The van der Waals surface area contributed by atoms with Gasteiger partial charge in [0.1, 0.15) is 17.3 Å². The summed E-state index contributed by atoms with van der Waals surface area (Å²) in [5, 5.41) is 23.0. The van der Waals surface area contributed by atoms with Gasteiger partial charge < -0.3 is 24.2 Å². The summed E-state index contributed by atoms with van der Waals surface area (Å²) in [5.41, 5.74) is 1.49. The van der Waals surface area contributed by atoms with E-state index in [2.05, 4.69) is 5.16 Å². The lowest BCUT2D eigenvalue weighted by atomic mass is 9.99. The summed E-state index contributed by atoms with van der Waals surface area (Å²) in [4.78, 5) is 11.7. The third-order valence-corrected chi connectivity index (χ3v) is 3.83. The fraction of sp³-hybridized carbons (Fsp3) is 0.368. The number of furan rings is 1. The molecule has 7 heteroatoms. The van der Waals surface area contributed by atoms with Gasteiger partial charge in [-0.3, -0.25) is 0 Å². The van der Waals surface area contributed by atoms with Crippen LogP contribution >= 0.6 is 0 Å². The molecular weight excluding hydrogens is 338 g/mol. The van der Waals surface area contributed by atoms with Gasteiger partial charge in [0, 0.05) is 11.6 Å². The Morgan fingerprint density at radius 1 is 1.27 bits per heavy atom.